The molecule has 2 heterocycles. The van der Waals surface area contributed by atoms with E-state index in [0.29, 0.717) is 25.9 Å². The van der Waals surface area contributed by atoms with E-state index in [4.69, 9.17) is 5.11 Å². The van der Waals surface area contributed by atoms with E-state index < -0.39 is 21.9 Å². The van der Waals surface area contributed by atoms with Crippen LogP contribution < -0.4 is 0 Å². The highest BCUT2D eigenvalue weighted by Crippen LogP contribution is 2.28. The number of amides is 1. The van der Waals surface area contributed by atoms with Crippen LogP contribution in [0, 0.1) is 12.8 Å². The summed E-state index contributed by atoms with van der Waals surface area (Å²) in [5, 5.41) is 8.90. The first-order valence-electron chi connectivity index (χ1n) is 7.83. The maximum atomic E-state index is 12.7. The Morgan fingerprint density at radius 2 is 2.12 bits per heavy atom. The number of carbonyl (C=O) groups excluding carboxylic acids is 1. The minimum absolute atomic E-state index is 0.105. The molecule has 1 amide bonds. The monoisotopic (exact) mass is 374 g/mol. The second kappa shape index (κ2) is 7.62. The molecule has 1 fully saturated rings. The molecule has 1 aromatic heterocycles. The summed E-state index contributed by atoms with van der Waals surface area (Å²) in [7, 11) is -3.60. The molecule has 0 spiro atoms. The lowest BCUT2D eigenvalue weighted by atomic mass is 9.98. The van der Waals surface area contributed by atoms with Crippen molar-refractivity contribution in [2.75, 3.05) is 26.2 Å². The predicted octanol–water partition coefficient (Wildman–Crippen LogP) is 1.39. The molecule has 1 aliphatic rings. The first-order chi connectivity index (χ1) is 11.3. The molecular weight excluding hydrogens is 352 g/mol. The SMILES string of the molecule is CCN(CC(=O)O)C(=O)C1CCCN(S(=O)(=O)c2ccc(C)s2)C1. The maximum absolute atomic E-state index is 12.7. The largest absolute Gasteiger partial charge is 0.480 e. The number of sulfonamides is 1. The summed E-state index contributed by atoms with van der Waals surface area (Å²) in [6.45, 7) is 3.98. The van der Waals surface area contributed by atoms with Crippen molar-refractivity contribution in [3.63, 3.8) is 0 Å². The fourth-order valence-corrected chi connectivity index (χ4v) is 5.77. The number of carboxylic acids is 1. The second-order valence-electron chi connectivity index (χ2n) is 5.81. The lowest BCUT2D eigenvalue weighted by molar-refractivity contribution is -0.146. The van der Waals surface area contributed by atoms with E-state index in [1.54, 1.807) is 19.1 Å². The first-order valence-corrected chi connectivity index (χ1v) is 10.1. The van der Waals surface area contributed by atoms with Crippen LogP contribution in [0.25, 0.3) is 0 Å². The highest BCUT2D eigenvalue weighted by molar-refractivity contribution is 7.91. The van der Waals surface area contributed by atoms with E-state index >= 15 is 0 Å². The van der Waals surface area contributed by atoms with Gasteiger partial charge in [0.2, 0.25) is 5.91 Å². The summed E-state index contributed by atoms with van der Waals surface area (Å²) in [4.78, 5) is 25.6. The smallest absolute Gasteiger partial charge is 0.323 e. The summed E-state index contributed by atoms with van der Waals surface area (Å²) in [5.74, 6) is -1.85. The van der Waals surface area contributed by atoms with Gasteiger partial charge in [-0.25, -0.2) is 8.42 Å². The molecule has 134 valence electrons. The number of rotatable bonds is 6. The zero-order chi connectivity index (χ0) is 17.9. The fourth-order valence-electron chi connectivity index (χ4n) is 2.81. The molecular formula is C15H22N2O5S2. The minimum Gasteiger partial charge on any atom is -0.480 e. The fraction of sp³-hybridized carbons (Fsp3) is 0.600. The molecule has 0 bridgehead atoms. The normalized spacial score (nSPS) is 19.2. The van der Waals surface area contributed by atoms with Crippen molar-refractivity contribution >= 4 is 33.2 Å². The summed E-state index contributed by atoms with van der Waals surface area (Å²) in [5.41, 5.74) is 0. The number of nitrogens with zero attached hydrogens (tertiary/aromatic N) is 2. The van der Waals surface area contributed by atoms with Gasteiger partial charge in [-0.3, -0.25) is 9.59 Å². The Morgan fingerprint density at radius 3 is 2.67 bits per heavy atom. The first kappa shape index (κ1) is 18.9. The van der Waals surface area contributed by atoms with Gasteiger partial charge < -0.3 is 10.0 Å². The number of hydrogen-bond donors (Lipinski definition) is 1. The van der Waals surface area contributed by atoms with E-state index in [-0.39, 0.29) is 23.2 Å². The number of piperidine rings is 1. The standard InChI is InChI=1S/C15H22N2O5S2/c1-3-16(10-13(18)19)15(20)12-5-4-8-17(9-12)24(21,22)14-7-6-11(2)23-14/h6-7,12H,3-5,8-10H2,1-2H3,(H,18,19). The molecule has 0 saturated carbocycles. The molecule has 1 unspecified atom stereocenters. The van der Waals surface area contributed by atoms with Gasteiger partial charge in [0.25, 0.3) is 10.0 Å². The van der Waals surface area contributed by atoms with Crippen molar-refractivity contribution in [3.8, 4) is 0 Å². The van der Waals surface area contributed by atoms with Crippen LogP contribution in [-0.2, 0) is 19.6 Å². The zero-order valence-electron chi connectivity index (χ0n) is 13.8. The molecule has 1 aromatic rings. The highest BCUT2D eigenvalue weighted by Gasteiger charge is 2.35. The van der Waals surface area contributed by atoms with Gasteiger partial charge in [-0.1, -0.05) is 0 Å². The lowest BCUT2D eigenvalue weighted by Crippen LogP contribution is -2.47. The van der Waals surface area contributed by atoms with Crippen LogP contribution in [0.15, 0.2) is 16.3 Å². The summed E-state index contributed by atoms with van der Waals surface area (Å²) < 4.78 is 27.0. The number of aryl methyl sites for hydroxylation is 1. The van der Waals surface area contributed by atoms with Crippen LogP contribution >= 0.6 is 11.3 Å². The quantitative estimate of drug-likeness (QED) is 0.812. The second-order valence-corrected chi connectivity index (χ2v) is 9.27. The van der Waals surface area contributed by atoms with Gasteiger partial charge in [-0.05, 0) is 38.8 Å². The highest BCUT2D eigenvalue weighted by atomic mass is 32.2. The average Bonchev–Trinajstić information content (AvgIpc) is 2.99. The Kier molecular flexibility index (Phi) is 6.00. The number of likely N-dealkylation sites (N-methyl/N-ethyl adjacent to an activating group) is 1. The molecule has 7 nitrogen and oxygen atoms in total. The molecule has 2 rings (SSSR count). The van der Waals surface area contributed by atoms with Crippen molar-refractivity contribution in [3.05, 3.63) is 17.0 Å². The van der Waals surface area contributed by atoms with E-state index in [9.17, 15) is 18.0 Å². The van der Waals surface area contributed by atoms with Crippen LogP contribution in [0.3, 0.4) is 0 Å². The Hall–Kier alpha value is -1.45. The van der Waals surface area contributed by atoms with Gasteiger partial charge >= 0.3 is 5.97 Å². The van der Waals surface area contributed by atoms with E-state index in [1.807, 2.05) is 6.92 Å². The van der Waals surface area contributed by atoms with Crippen LogP contribution in [0.2, 0.25) is 0 Å². The Bertz CT molecular complexity index is 713. The van der Waals surface area contributed by atoms with Crippen molar-refractivity contribution in [2.45, 2.75) is 30.9 Å². The van der Waals surface area contributed by atoms with Crippen molar-refractivity contribution in [2.24, 2.45) is 5.92 Å². The zero-order valence-corrected chi connectivity index (χ0v) is 15.4. The third kappa shape index (κ3) is 4.14. The van der Waals surface area contributed by atoms with Gasteiger partial charge in [-0.15, -0.1) is 11.3 Å². The number of hydrogen-bond acceptors (Lipinski definition) is 5. The molecule has 1 aliphatic heterocycles. The molecule has 0 radical (unpaired) electrons. The number of carbonyl (C=O) groups is 2. The average molecular weight is 374 g/mol. The Balaban J connectivity index is 2.14. The number of carboxylic acid groups (broad SMARTS) is 1. The van der Waals surface area contributed by atoms with Gasteiger partial charge in [0.1, 0.15) is 10.8 Å². The van der Waals surface area contributed by atoms with E-state index in [1.165, 1.54) is 20.5 Å². The third-order valence-corrected chi connectivity index (χ3v) is 7.40. The van der Waals surface area contributed by atoms with Crippen LogP contribution in [0.1, 0.15) is 24.6 Å². The van der Waals surface area contributed by atoms with Gasteiger partial charge in [-0.2, -0.15) is 4.31 Å². The molecule has 9 heteroatoms. The third-order valence-electron chi connectivity index (χ3n) is 4.06. The lowest BCUT2D eigenvalue weighted by Gasteiger charge is -2.33. The summed E-state index contributed by atoms with van der Waals surface area (Å²) >= 11 is 1.21. The van der Waals surface area contributed by atoms with Gasteiger partial charge in [0, 0.05) is 24.5 Å². The van der Waals surface area contributed by atoms with Gasteiger partial charge in [0.15, 0.2) is 0 Å². The van der Waals surface area contributed by atoms with E-state index in [2.05, 4.69) is 0 Å². The topological polar surface area (TPSA) is 95.0 Å². The van der Waals surface area contributed by atoms with Crippen molar-refractivity contribution in [1.82, 2.24) is 9.21 Å². The van der Waals surface area contributed by atoms with Crippen molar-refractivity contribution < 1.29 is 23.1 Å². The molecule has 1 N–H and O–H groups in total. The van der Waals surface area contributed by atoms with Gasteiger partial charge in [0.05, 0.1) is 5.92 Å². The molecule has 1 atom stereocenters. The van der Waals surface area contributed by atoms with Crippen molar-refractivity contribution in [1.29, 1.82) is 0 Å². The maximum Gasteiger partial charge on any atom is 0.323 e. The van der Waals surface area contributed by atoms with Crippen LogP contribution in [0.5, 0.6) is 0 Å². The molecule has 24 heavy (non-hydrogen) atoms. The predicted molar refractivity (Wildman–Crippen MR) is 90.4 cm³/mol. The summed E-state index contributed by atoms with van der Waals surface area (Å²) in [6.07, 6.45) is 1.16. The number of thiophene rings is 1. The Morgan fingerprint density at radius 1 is 1.42 bits per heavy atom. The minimum atomic E-state index is -3.60. The summed E-state index contributed by atoms with van der Waals surface area (Å²) in [6, 6.07) is 3.35. The van der Waals surface area contributed by atoms with Crippen LogP contribution in [-0.4, -0.2) is 60.8 Å². The van der Waals surface area contributed by atoms with E-state index in [0.717, 1.165) is 4.88 Å². The molecule has 0 aromatic carbocycles. The Labute approximate surface area is 145 Å². The van der Waals surface area contributed by atoms with Crippen LogP contribution in [0.4, 0.5) is 0 Å². The molecule has 0 aliphatic carbocycles. The molecule has 1 saturated heterocycles. The number of aliphatic carboxylic acids is 1.